The monoisotopic (exact) mass is 397 g/mol. The molecule has 0 unspecified atom stereocenters. The van der Waals surface area contributed by atoms with Crippen LogP contribution in [0.3, 0.4) is 0 Å². The number of nitrogens with zero attached hydrogens (tertiary/aromatic N) is 2. The van der Waals surface area contributed by atoms with E-state index in [0.29, 0.717) is 25.1 Å². The maximum absolute atomic E-state index is 13.1. The molecule has 0 fully saturated rings. The molecule has 6 heteroatoms. The Morgan fingerprint density at radius 3 is 2.28 bits per heavy atom. The molecule has 0 spiro atoms. The highest BCUT2D eigenvalue weighted by Crippen LogP contribution is 2.25. The van der Waals surface area contributed by atoms with Crippen molar-refractivity contribution < 1.29 is 14.3 Å². The van der Waals surface area contributed by atoms with Crippen LogP contribution in [0.4, 0.5) is 11.4 Å². The van der Waals surface area contributed by atoms with E-state index in [1.54, 1.807) is 31.4 Å². The van der Waals surface area contributed by atoms with Crippen LogP contribution >= 0.6 is 0 Å². The van der Waals surface area contributed by atoms with E-state index in [4.69, 9.17) is 4.74 Å². The third kappa shape index (κ3) is 5.98. The minimum atomic E-state index is -0.0340. The zero-order valence-electron chi connectivity index (χ0n) is 18.0. The number of anilines is 2. The van der Waals surface area contributed by atoms with Gasteiger partial charge in [-0.05, 0) is 54.4 Å². The molecule has 1 N–H and O–H groups in total. The maximum atomic E-state index is 13.1. The van der Waals surface area contributed by atoms with Gasteiger partial charge in [-0.15, -0.1) is 0 Å². The summed E-state index contributed by atoms with van der Waals surface area (Å²) in [7, 11) is 5.55. The molecule has 2 rings (SSSR count). The van der Waals surface area contributed by atoms with Gasteiger partial charge in [0.25, 0.3) is 5.91 Å². The summed E-state index contributed by atoms with van der Waals surface area (Å²) in [6.07, 6.45) is 1.27. The number of ether oxygens (including phenoxy) is 1. The van der Waals surface area contributed by atoms with Crippen LogP contribution < -0.4 is 15.0 Å². The van der Waals surface area contributed by atoms with E-state index < -0.39 is 0 Å². The van der Waals surface area contributed by atoms with Crippen molar-refractivity contribution in [1.29, 1.82) is 0 Å². The number of hydrogen-bond donors (Lipinski definition) is 1. The Hall–Kier alpha value is -3.02. The van der Waals surface area contributed by atoms with Gasteiger partial charge in [0.2, 0.25) is 5.91 Å². The summed E-state index contributed by atoms with van der Waals surface area (Å²) >= 11 is 0. The first kappa shape index (κ1) is 22.3. The van der Waals surface area contributed by atoms with Gasteiger partial charge in [-0.3, -0.25) is 9.59 Å². The van der Waals surface area contributed by atoms with E-state index in [1.165, 1.54) is 0 Å². The van der Waals surface area contributed by atoms with Gasteiger partial charge >= 0.3 is 0 Å². The van der Waals surface area contributed by atoms with Crippen molar-refractivity contribution in [1.82, 2.24) is 4.90 Å². The van der Waals surface area contributed by atoms with Gasteiger partial charge in [0.1, 0.15) is 5.75 Å². The molecule has 0 saturated carbocycles. The predicted octanol–water partition coefficient (Wildman–Crippen LogP) is 4.16. The SMILES string of the molecule is CCCN(Cc1cc(NC(=O)CC)ccc1N(C)C)C(=O)c1ccc(OC)cc1. The van der Waals surface area contributed by atoms with Crippen molar-refractivity contribution in [3.63, 3.8) is 0 Å². The Balaban J connectivity index is 2.32. The molecule has 0 aliphatic rings. The van der Waals surface area contributed by atoms with Crippen LogP contribution in [0.2, 0.25) is 0 Å². The number of nitrogens with one attached hydrogen (secondary N) is 1. The molecule has 6 nitrogen and oxygen atoms in total. The van der Waals surface area contributed by atoms with Crippen molar-refractivity contribution in [3.8, 4) is 5.75 Å². The average Bonchev–Trinajstić information content (AvgIpc) is 2.72. The Morgan fingerprint density at radius 2 is 1.72 bits per heavy atom. The second kappa shape index (κ2) is 10.5. The molecule has 156 valence electrons. The summed E-state index contributed by atoms with van der Waals surface area (Å²) in [6.45, 7) is 4.98. The molecule has 0 saturated heterocycles. The molecular weight excluding hydrogens is 366 g/mol. The zero-order valence-corrected chi connectivity index (χ0v) is 18.0. The summed E-state index contributed by atoms with van der Waals surface area (Å²) in [6, 6.07) is 13.0. The quantitative estimate of drug-likeness (QED) is 0.690. The maximum Gasteiger partial charge on any atom is 0.254 e. The molecular formula is C23H31N3O3. The lowest BCUT2D eigenvalue weighted by atomic mass is 10.1. The van der Waals surface area contributed by atoms with Crippen LogP contribution in [0.15, 0.2) is 42.5 Å². The lowest BCUT2D eigenvalue weighted by molar-refractivity contribution is -0.115. The summed E-state index contributed by atoms with van der Waals surface area (Å²) in [4.78, 5) is 28.8. The van der Waals surface area contributed by atoms with Gasteiger partial charge in [0, 0.05) is 50.5 Å². The van der Waals surface area contributed by atoms with Gasteiger partial charge in [0.15, 0.2) is 0 Å². The van der Waals surface area contributed by atoms with Gasteiger partial charge in [0.05, 0.1) is 7.11 Å². The zero-order chi connectivity index (χ0) is 21.4. The van der Waals surface area contributed by atoms with Crippen LogP contribution in [0, 0.1) is 0 Å². The molecule has 0 heterocycles. The number of carbonyl (C=O) groups excluding carboxylic acids is 2. The summed E-state index contributed by atoms with van der Waals surface area (Å²) in [5.41, 5.74) is 3.37. The number of hydrogen-bond acceptors (Lipinski definition) is 4. The molecule has 2 aromatic carbocycles. The van der Waals surface area contributed by atoms with E-state index in [0.717, 1.165) is 29.1 Å². The average molecular weight is 398 g/mol. The van der Waals surface area contributed by atoms with Crippen molar-refractivity contribution in [2.75, 3.05) is 38.0 Å². The molecule has 0 bridgehead atoms. The first-order valence-corrected chi connectivity index (χ1v) is 9.93. The summed E-state index contributed by atoms with van der Waals surface area (Å²) in [5, 5.41) is 2.90. The van der Waals surface area contributed by atoms with Gasteiger partial charge in [-0.25, -0.2) is 0 Å². The number of carbonyl (C=O) groups is 2. The smallest absolute Gasteiger partial charge is 0.254 e. The van der Waals surface area contributed by atoms with E-state index in [2.05, 4.69) is 12.2 Å². The van der Waals surface area contributed by atoms with E-state index in [-0.39, 0.29) is 11.8 Å². The minimum Gasteiger partial charge on any atom is -0.497 e. The molecule has 0 aliphatic heterocycles. The largest absolute Gasteiger partial charge is 0.497 e. The predicted molar refractivity (Wildman–Crippen MR) is 118 cm³/mol. The number of amides is 2. The second-order valence-electron chi connectivity index (χ2n) is 7.09. The lowest BCUT2D eigenvalue weighted by Crippen LogP contribution is -2.32. The Bertz CT molecular complexity index is 832. The fraction of sp³-hybridized carbons (Fsp3) is 0.391. The first-order valence-electron chi connectivity index (χ1n) is 9.93. The van der Waals surface area contributed by atoms with Crippen LogP contribution in [0.25, 0.3) is 0 Å². The first-order chi connectivity index (χ1) is 13.9. The second-order valence-corrected chi connectivity index (χ2v) is 7.09. The summed E-state index contributed by atoms with van der Waals surface area (Å²) < 4.78 is 5.18. The standard InChI is InChI=1S/C23H31N3O3/c1-6-14-26(23(28)17-8-11-20(29-5)12-9-17)16-18-15-19(24-22(27)7-2)10-13-21(18)25(3)4/h8-13,15H,6-7,14,16H2,1-5H3,(H,24,27). The molecule has 29 heavy (non-hydrogen) atoms. The molecule has 2 amide bonds. The van der Waals surface area contributed by atoms with Gasteiger partial charge in [-0.2, -0.15) is 0 Å². The van der Waals surface area contributed by atoms with Crippen LogP contribution in [0.1, 0.15) is 42.6 Å². The molecule has 2 aromatic rings. The molecule has 0 aliphatic carbocycles. The fourth-order valence-electron chi connectivity index (χ4n) is 3.12. The van der Waals surface area contributed by atoms with Crippen molar-refractivity contribution in [2.45, 2.75) is 33.2 Å². The normalized spacial score (nSPS) is 10.4. The molecule has 0 atom stereocenters. The lowest BCUT2D eigenvalue weighted by Gasteiger charge is -2.26. The third-order valence-electron chi connectivity index (χ3n) is 4.65. The summed E-state index contributed by atoms with van der Waals surface area (Å²) in [5.74, 6) is 0.660. The van der Waals surface area contributed by atoms with Gasteiger partial charge in [-0.1, -0.05) is 13.8 Å². The van der Waals surface area contributed by atoms with E-state index in [9.17, 15) is 9.59 Å². The highest BCUT2D eigenvalue weighted by Gasteiger charge is 2.18. The minimum absolute atomic E-state index is 0.0257. The highest BCUT2D eigenvalue weighted by molar-refractivity contribution is 5.94. The molecule has 0 radical (unpaired) electrons. The van der Waals surface area contributed by atoms with Gasteiger partial charge < -0.3 is 19.9 Å². The fourth-order valence-corrected chi connectivity index (χ4v) is 3.12. The van der Waals surface area contributed by atoms with E-state index >= 15 is 0 Å². The van der Waals surface area contributed by atoms with Crippen LogP contribution in [0.5, 0.6) is 5.75 Å². The Morgan fingerprint density at radius 1 is 1.03 bits per heavy atom. The topological polar surface area (TPSA) is 61.9 Å². The Labute approximate surface area is 173 Å². The highest BCUT2D eigenvalue weighted by atomic mass is 16.5. The van der Waals surface area contributed by atoms with Crippen molar-refractivity contribution in [3.05, 3.63) is 53.6 Å². The Kier molecular flexibility index (Phi) is 8.07. The van der Waals surface area contributed by atoms with Crippen molar-refractivity contribution in [2.24, 2.45) is 0 Å². The van der Waals surface area contributed by atoms with Crippen molar-refractivity contribution >= 4 is 23.2 Å². The van der Waals surface area contributed by atoms with Crippen LogP contribution in [-0.4, -0.2) is 44.5 Å². The third-order valence-corrected chi connectivity index (χ3v) is 4.65. The number of rotatable bonds is 9. The number of benzene rings is 2. The number of methoxy groups -OCH3 is 1. The van der Waals surface area contributed by atoms with Crippen LogP contribution in [-0.2, 0) is 11.3 Å². The molecule has 0 aromatic heterocycles. The van der Waals surface area contributed by atoms with E-state index in [1.807, 2.05) is 49.0 Å².